The molecule has 0 bridgehead atoms. The zero-order chi connectivity index (χ0) is 13.7. The minimum absolute atomic E-state index is 0.154. The van der Waals surface area contributed by atoms with Crippen LogP contribution in [0.4, 0.5) is 0 Å². The second kappa shape index (κ2) is 6.24. The van der Waals surface area contributed by atoms with Crippen LogP contribution in [-0.2, 0) is 11.2 Å². The summed E-state index contributed by atoms with van der Waals surface area (Å²) in [5, 5.41) is 6.67. The molecule has 5 heteroatoms. The number of benzene rings is 1. The molecular weight excluding hydrogens is 258 g/mol. The maximum Gasteiger partial charge on any atom is 0.246 e. The summed E-state index contributed by atoms with van der Waals surface area (Å²) in [6, 6.07) is 7.91. The summed E-state index contributed by atoms with van der Waals surface area (Å²) >= 11 is 1.49. The molecule has 1 heterocycles. The van der Waals surface area contributed by atoms with E-state index in [-0.39, 0.29) is 12.3 Å². The van der Waals surface area contributed by atoms with Crippen LogP contribution in [0.3, 0.4) is 0 Å². The molecule has 0 aliphatic heterocycles. The number of aromatic nitrogens is 1. The Balaban J connectivity index is 1.86. The van der Waals surface area contributed by atoms with Crippen molar-refractivity contribution in [1.29, 1.82) is 0 Å². The van der Waals surface area contributed by atoms with E-state index < -0.39 is 0 Å². The van der Waals surface area contributed by atoms with E-state index in [1.54, 1.807) is 6.21 Å². The first-order valence-corrected chi connectivity index (χ1v) is 6.81. The van der Waals surface area contributed by atoms with Gasteiger partial charge in [-0.25, -0.2) is 10.4 Å². The molecule has 1 aromatic carbocycles. The van der Waals surface area contributed by atoms with Crippen LogP contribution in [0.1, 0.15) is 21.8 Å². The SMILES string of the molecule is Cc1cccc(/C=N\NC(=O)Cc2nc(C)cs2)c1. The summed E-state index contributed by atoms with van der Waals surface area (Å²) in [5.41, 5.74) is 5.57. The largest absolute Gasteiger partial charge is 0.273 e. The molecule has 0 radical (unpaired) electrons. The van der Waals surface area contributed by atoms with E-state index in [1.807, 2.05) is 43.5 Å². The van der Waals surface area contributed by atoms with E-state index in [9.17, 15) is 4.79 Å². The highest BCUT2D eigenvalue weighted by Crippen LogP contribution is 2.08. The number of nitrogens with zero attached hydrogens (tertiary/aromatic N) is 2. The third-order valence-electron chi connectivity index (χ3n) is 2.42. The lowest BCUT2D eigenvalue weighted by Gasteiger charge is -1.97. The van der Waals surface area contributed by atoms with Gasteiger partial charge in [-0.2, -0.15) is 5.10 Å². The topological polar surface area (TPSA) is 54.4 Å². The number of carbonyl (C=O) groups is 1. The zero-order valence-electron chi connectivity index (χ0n) is 10.9. The monoisotopic (exact) mass is 273 g/mol. The first-order chi connectivity index (χ1) is 9.13. The van der Waals surface area contributed by atoms with Crippen molar-refractivity contribution < 1.29 is 4.79 Å². The van der Waals surface area contributed by atoms with Gasteiger partial charge in [0.2, 0.25) is 5.91 Å². The fourth-order valence-corrected chi connectivity index (χ4v) is 2.36. The van der Waals surface area contributed by atoms with Crippen molar-refractivity contribution in [2.24, 2.45) is 5.10 Å². The van der Waals surface area contributed by atoms with Crippen molar-refractivity contribution in [3.05, 3.63) is 51.5 Å². The van der Waals surface area contributed by atoms with Crippen molar-refractivity contribution in [3.63, 3.8) is 0 Å². The summed E-state index contributed by atoms with van der Waals surface area (Å²) in [5.74, 6) is -0.154. The first-order valence-electron chi connectivity index (χ1n) is 5.93. The van der Waals surface area contributed by atoms with Crippen LogP contribution in [0.15, 0.2) is 34.7 Å². The highest BCUT2D eigenvalue weighted by atomic mass is 32.1. The predicted octanol–water partition coefficient (Wildman–Crippen LogP) is 2.45. The standard InChI is InChI=1S/C14H15N3OS/c1-10-4-3-5-12(6-10)8-15-17-13(18)7-14-16-11(2)9-19-14/h3-6,8-9H,7H2,1-2H3,(H,17,18)/b15-8-. The summed E-state index contributed by atoms with van der Waals surface area (Å²) in [6.07, 6.45) is 1.90. The third-order valence-corrected chi connectivity index (χ3v) is 3.39. The van der Waals surface area contributed by atoms with Crippen LogP contribution < -0.4 is 5.43 Å². The number of rotatable bonds is 4. The van der Waals surface area contributed by atoms with Crippen molar-refractivity contribution in [2.45, 2.75) is 20.3 Å². The first kappa shape index (κ1) is 13.4. The molecule has 1 aromatic heterocycles. The molecule has 0 saturated carbocycles. The van der Waals surface area contributed by atoms with Crippen LogP contribution in [-0.4, -0.2) is 17.1 Å². The quantitative estimate of drug-likeness (QED) is 0.687. The van der Waals surface area contributed by atoms with E-state index in [0.717, 1.165) is 21.8 Å². The number of aryl methyl sites for hydroxylation is 2. The molecule has 98 valence electrons. The van der Waals surface area contributed by atoms with Crippen LogP contribution >= 0.6 is 11.3 Å². The number of nitrogens with one attached hydrogen (secondary N) is 1. The highest BCUT2D eigenvalue weighted by Gasteiger charge is 2.05. The van der Waals surface area contributed by atoms with Gasteiger partial charge in [0.25, 0.3) is 0 Å². The van der Waals surface area contributed by atoms with Gasteiger partial charge >= 0.3 is 0 Å². The second-order valence-corrected chi connectivity index (χ2v) is 5.21. The lowest BCUT2D eigenvalue weighted by molar-refractivity contribution is -0.120. The average Bonchev–Trinajstić information content (AvgIpc) is 2.75. The maximum absolute atomic E-state index is 11.6. The van der Waals surface area contributed by atoms with Crippen LogP contribution in [0.5, 0.6) is 0 Å². The fourth-order valence-electron chi connectivity index (χ4n) is 1.59. The molecule has 4 nitrogen and oxygen atoms in total. The molecule has 19 heavy (non-hydrogen) atoms. The molecule has 0 spiro atoms. The molecule has 0 aliphatic carbocycles. The fraction of sp³-hybridized carbons (Fsp3) is 0.214. The van der Waals surface area contributed by atoms with Gasteiger partial charge in [-0.15, -0.1) is 11.3 Å². The molecule has 0 saturated heterocycles. The molecule has 1 N–H and O–H groups in total. The molecule has 0 atom stereocenters. The Morgan fingerprint density at radius 2 is 2.32 bits per heavy atom. The Morgan fingerprint density at radius 3 is 3.00 bits per heavy atom. The van der Waals surface area contributed by atoms with Crippen molar-refractivity contribution in [2.75, 3.05) is 0 Å². The van der Waals surface area contributed by atoms with Crippen molar-refractivity contribution in [1.82, 2.24) is 10.4 Å². The van der Waals surface area contributed by atoms with Crippen LogP contribution in [0.2, 0.25) is 0 Å². The molecular formula is C14H15N3OS. The van der Waals surface area contributed by atoms with Gasteiger partial charge in [0, 0.05) is 11.1 Å². The van der Waals surface area contributed by atoms with E-state index in [2.05, 4.69) is 15.5 Å². The van der Waals surface area contributed by atoms with Gasteiger partial charge in [0.05, 0.1) is 12.6 Å². The molecule has 2 aromatic rings. The molecule has 0 aliphatic rings. The van der Waals surface area contributed by atoms with Crippen LogP contribution in [0, 0.1) is 13.8 Å². The van der Waals surface area contributed by atoms with Crippen LogP contribution in [0.25, 0.3) is 0 Å². The minimum atomic E-state index is -0.154. The second-order valence-electron chi connectivity index (χ2n) is 4.27. The predicted molar refractivity (Wildman–Crippen MR) is 77.5 cm³/mol. The number of hydrogen-bond acceptors (Lipinski definition) is 4. The highest BCUT2D eigenvalue weighted by molar-refractivity contribution is 7.09. The number of amides is 1. The smallest absolute Gasteiger partial charge is 0.246 e. The summed E-state index contributed by atoms with van der Waals surface area (Å²) in [6.45, 7) is 3.93. The summed E-state index contributed by atoms with van der Waals surface area (Å²) in [7, 11) is 0. The van der Waals surface area contributed by atoms with Gasteiger partial charge < -0.3 is 0 Å². The number of thiazole rings is 1. The van der Waals surface area contributed by atoms with E-state index in [4.69, 9.17) is 0 Å². The Hall–Kier alpha value is -2.01. The van der Waals surface area contributed by atoms with Gasteiger partial charge in [-0.3, -0.25) is 4.79 Å². The molecule has 0 unspecified atom stereocenters. The Morgan fingerprint density at radius 1 is 1.47 bits per heavy atom. The Labute approximate surface area is 116 Å². The minimum Gasteiger partial charge on any atom is -0.273 e. The van der Waals surface area contributed by atoms with E-state index >= 15 is 0 Å². The lowest BCUT2D eigenvalue weighted by Crippen LogP contribution is -2.19. The van der Waals surface area contributed by atoms with Gasteiger partial charge in [0.1, 0.15) is 5.01 Å². The maximum atomic E-state index is 11.6. The number of hydrogen-bond donors (Lipinski definition) is 1. The Bertz CT molecular complexity index is 604. The molecule has 1 amide bonds. The zero-order valence-corrected chi connectivity index (χ0v) is 11.7. The molecule has 0 fully saturated rings. The number of carbonyl (C=O) groups excluding carboxylic acids is 1. The summed E-state index contributed by atoms with van der Waals surface area (Å²) < 4.78 is 0. The third kappa shape index (κ3) is 4.30. The molecule has 2 rings (SSSR count). The van der Waals surface area contributed by atoms with Crippen molar-refractivity contribution >= 4 is 23.5 Å². The van der Waals surface area contributed by atoms with Crippen molar-refractivity contribution in [3.8, 4) is 0 Å². The van der Waals surface area contributed by atoms with Gasteiger partial charge in [-0.1, -0.05) is 29.8 Å². The number of hydrazone groups is 1. The Kier molecular flexibility index (Phi) is 4.41. The van der Waals surface area contributed by atoms with E-state index in [0.29, 0.717) is 0 Å². The van der Waals surface area contributed by atoms with Gasteiger partial charge in [0.15, 0.2) is 0 Å². The van der Waals surface area contributed by atoms with E-state index in [1.165, 1.54) is 11.3 Å². The summed E-state index contributed by atoms with van der Waals surface area (Å²) in [4.78, 5) is 15.9. The normalized spacial score (nSPS) is 10.8. The average molecular weight is 273 g/mol. The van der Waals surface area contributed by atoms with Gasteiger partial charge in [-0.05, 0) is 19.4 Å². The lowest BCUT2D eigenvalue weighted by atomic mass is 10.2.